The summed E-state index contributed by atoms with van der Waals surface area (Å²) >= 11 is 1.53. The van der Waals surface area contributed by atoms with Gasteiger partial charge in [-0.3, -0.25) is 0 Å². The number of halogens is 2. The minimum absolute atomic E-state index is 0. The van der Waals surface area contributed by atoms with Crippen LogP contribution in [-0.4, -0.2) is 4.98 Å². The van der Waals surface area contributed by atoms with Crippen molar-refractivity contribution in [3.05, 3.63) is 65.3 Å². The van der Waals surface area contributed by atoms with Gasteiger partial charge in [-0.1, -0.05) is 17.7 Å². The number of aryl methyl sites for hydroxylation is 1. The predicted octanol–water partition coefficient (Wildman–Crippen LogP) is 5.58. The molecule has 3 rings (SSSR count). The number of benzene rings is 2. The largest absolute Gasteiger partial charge is 0.332 e. The lowest BCUT2D eigenvalue weighted by Crippen LogP contribution is -1.89. The van der Waals surface area contributed by atoms with Crippen LogP contribution in [0.1, 0.15) is 5.56 Å². The molecule has 0 saturated heterocycles. The summed E-state index contributed by atoms with van der Waals surface area (Å²) in [6, 6.07) is 14.5. The highest BCUT2D eigenvalue weighted by atomic mass is 79.9. The Kier molecular flexibility index (Phi) is 5.09. The second-order valence-electron chi connectivity index (χ2n) is 4.54. The van der Waals surface area contributed by atoms with E-state index in [1.165, 1.54) is 29.0 Å². The van der Waals surface area contributed by atoms with Gasteiger partial charge < -0.3 is 5.32 Å². The molecule has 5 heteroatoms. The van der Waals surface area contributed by atoms with E-state index in [0.29, 0.717) is 0 Å². The van der Waals surface area contributed by atoms with E-state index >= 15 is 0 Å². The molecular weight excluding hydrogens is 351 g/mol. The molecule has 2 nitrogen and oxygen atoms in total. The van der Waals surface area contributed by atoms with Crippen molar-refractivity contribution >= 4 is 39.1 Å². The van der Waals surface area contributed by atoms with E-state index in [4.69, 9.17) is 0 Å². The van der Waals surface area contributed by atoms with Gasteiger partial charge in [0.1, 0.15) is 5.82 Å². The molecule has 0 unspecified atom stereocenters. The fourth-order valence-electron chi connectivity index (χ4n) is 1.84. The molecule has 0 saturated carbocycles. The van der Waals surface area contributed by atoms with Gasteiger partial charge in [-0.15, -0.1) is 28.3 Å². The van der Waals surface area contributed by atoms with E-state index < -0.39 is 0 Å². The molecule has 108 valence electrons. The van der Waals surface area contributed by atoms with Crippen LogP contribution in [0.3, 0.4) is 0 Å². The minimum atomic E-state index is -0.234. The Morgan fingerprint density at radius 3 is 2.33 bits per heavy atom. The van der Waals surface area contributed by atoms with Crippen LogP contribution in [0.15, 0.2) is 53.9 Å². The Morgan fingerprint density at radius 1 is 1.00 bits per heavy atom. The van der Waals surface area contributed by atoms with Gasteiger partial charge in [-0.05, 0) is 43.3 Å². The highest BCUT2D eigenvalue weighted by molar-refractivity contribution is 8.93. The minimum Gasteiger partial charge on any atom is -0.332 e. The smallest absolute Gasteiger partial charge is 0.187 e. The zero-order valence-corrected chi connectivity index (χ0v) is 13.9. The molecule has 0 radical (unpaired) electrons. The van der Waals surface area contributed by atoms with Gasteiger partial charge >= 0.3 is 0 Å². The van der Waals surface area contributed by atoms with Gasteiger partial charge in [0, 0.05) is 16.6 Å². The van der Waals surface area contributed by atoms with Gasteiger partial charge in [0.25, 0.3) is 0 Å². The van der Waals surface area contributed by atoms with Crippen LogP contribution in [0.25, 0.3) is 11.3 Å². The second kappa shape index (κ2) is 6.83. The van der Waals surface area contributed by atoms with Crippen molar-refractivity contribution in [2.75, 3.05) is 5.32 Å². The Balaban J connectivity index is 0.00000161. The molecule has 21 heavy (non-hydrogen) atoms. The maximum absolute atomic E-state index is 12.9. The molecule has 0 amide bonds. The lowest BCUT2D eigenvalue weighted by Gasteiger charge is -2.02. The third-order valence-corrected chi connectivity index (χ3v) is 3.70. The van der Waals surface area contributed by atoms with Gasteiger partial charge in [0.2, 0.25) is 0 Å². The quantitative estimate of drug-likeness (QED) is 0.656. The summed E-state index contributed by atoms with van der Waals surface area (Å²) in [6.45, 7) is 2.06. The van der Waals surface area contributed by atoms with E-state index in [-0.39, 0.29) is 22.8 Å². The van der Waals surface area contributed by atoms with Crippen LogP contribution in [0.2, 0.25) is 0 Å². The zero-order valence-electron chi connectivity index (χ0n) is 11.3. The molecule has 0 spiro atoms. The number of hydrogen-bond donors (Lipinski definition) is 1. The summed E-state index contributed by atoms with van der Waals surface area (Å²) in [5.74, 6) is -0.234. The summed E-state index contributed by atoms with van der Waals surface area (Å²) in [5, 5.41) is 6.06. The van der Waals surface area contributed by atoms with E-state index in [1.54, 1.807) is 12.1 Å². The lowest BCUT2D eigenvalue weighted by atomic mass is 10.2. The molecule has 0 aliphatic heterocycles. The van der Waals surface area contributed by atoms with Crippen molar-refractivity contribution in [1.29, 1.82) is 0 Å². The van der Waals surface area contributed by atoms with Gasteiger partial charge in [0.05, 0.1) is 5.69 Å². The lowest BCUT2D eigenvalue weighted by molar-refractivity contribution is 0.628. The third-order valence-electron chi connectivity index (χ3n) is 2.95. The normalized spacial score (nSPS) is 10.0. The van der Waals surface area contributed by atoms with Gasteiger partial charge in [0.15, 0.2) is 5.13 Å². The Hall–Kier alpha value is -1.72. The first-order chi connectivity index (χ1) is 9.70. The maximum Gasteiger partial charge on any atom is 0.187 e. The fourth-order valence-corrected chi connectivity index (χ4v) is 2.58. The number of anilines is 2. The topological polar surface area (TPSA) is 24.9 Å². The van der Waals surface area contributed by atoms with Crippen molar-refractivity contribution in [3.8, 4) is 11.3 Å². The molecular formula is C16H14BrFN2S. The highest BCUT2D eigenvalue weighted by Gasteiger charge is 2.05. The average molecular weight is 365 g/mol. The molecule has 2 aromatic carbocycles. The average Bonchev–Trinajstić information content (AvgIpc) is 2.91. The summed E-state index contributed by atoms with van der Waals surface area (Å²) < 4.78 is 12.9. The highest BCUT2D eigenvalue weighted by Crippen LogP contribution is 2.27. The first-order valence-electron chi connectivity index (χ1n) is 6.26. The van der Waals surface area contributed by atoms with Gasteiger partial charge in [-0.25, -0.2) is 9.37 Å². The number of thiazole rings is 1. The van der Waals surface area contributed by atoms with Crippen LogP contribution in [0, 0.1) is 12.7 Å². The molecule has 3 aromatic rings. The van der Waals surface area contributed by atoms with Crippen LogP contribution >= 0.6 is 28.3 Å². The second-order valence-corrected chi connectivity index (χ2v) is 5.39. The molecule has 1 N–H and O–H groups in total. The number of rotatable bonds is 3. The predicted molar refractivity (Wildman–Crippen MR) is 92.3 cm³/mol. The molecule has 0 bridgehead atoms. The van der Waals surface area contributed by atoms with Crippen molar-refractivity contribution < 1.29 is 4.39 Å². The van der Waals surface area contributed by atoms with E-state index in [0.717, 1.165) is 22.1 Å². The Bertz CT molecular complexity index is 708. The Morgan fingerprint density at radius 2 is 1.67 bits per heavy atom. The number of nitrogens with one attached hydrogen (secondary N) is 1. The van der Waals surface area contributed by atoms with Crippen molar-refractivity contribution in [2.24, 2.45) is 0 Å². The van der Waals surface area contributed by atoms with Crippen LogP contribution in [-0.2, 0) is 0 Å². The summed E-state index contributed by atoms with van der Waals surface area (Å²) in [5.41, 5.74) is 4.00. The Labute approximate surface area is 137 Å². The third kappa shape index (κ3) is 3.89. The molecule has 0 fully saturated rings. The molecule has 0 atom stereocenters. The SMILES string of the molecule is Br.Cc1ccc(Nc2nc(-c3ccc(F)cc3)cs2)cc1. The summed E-state index contributed by atoms with van der Waals surface area (Å²) in [4.78, 5) is 4.51. The standard InChI is InChI=1S/C16H13FN2S.BrH/c1-11-2-8-14(9-3-11)18-16-19-15(10-20-16)12-4-6-13(17)7-5-12;/h2-10H,1H3,(H,18,19);1H. The molecule has 0 aliphatic carbocycles. The van der Waals surface area contributed by atoms with E-state index in [2.05, 4.69) is 29.4 Å². The van der Waals surface area contributed by atoms with Gasteiger partial charge in [-0.2, -0.15) is 0 Å². The van der Waals surface area contributed by atoms with Crippen LogP contribution < -0.4 is 5.32 Å². The number of hydrogen-bond acceptors (Lipinski definition) is 3. The van der Waals surface area contributed by atoms with Crippen LogP contribution in [0.5, 0.6) is 0 Å². The molecule has 1 aromatic heterocycles. The van der Waals surface area contributed by atoms with Crippen molar-refractivity contribution in [2.45, 2.75) is 6.92 Å². The van der Waals surface area contributed by atoms with Crippen molar-refractivity contribution in [1.82, 2.24) is 4.98 Å². The zero-order chi connectivity index (χ0) is 13.9. The summed E-state index contributed by atoms with van der Waals surface area (Å²) in [7, 11) is 0. The first kappa shape index (κ1) is 15.7. The van der Waals surface area contributed by atoms with Crippen molar-refractivity contribution in [3.63, 3.8) is 0 Å². The monoisotopic (exact) mass is 364 g/mol. The first-order valence-corrected chi connectivity index (χ1v) is 7.14. The number of nitrogens with zero attached hydrogens (tertiary/aromatic N) is 1. The van der Waals surface area contributed by atoms with E-state index in [1.807, 2.05) is 17.5 Å². The summed E-state index contributed by atoms with van der Waals surface area (Å²) in [6.07, 6.45) is 0. The van der Waals surface area contributed by atoms with Crippen LogP contribution in [0.4, 0.5) is 15.2 Å². The van der Waals surface area contributed by atoms with E-state index in [9.17, 15) is 4.39 Å². The fraction of sp³-hybridized carbons (Fsp3) is 0.0625. The molecule has 0 aliphatic rings. The molecule has 1 heterocycles. The maximum atomic E-state index is 12.9. The number of aromatic nitrogens is 1.